The zero-order chi connectivity index (χ0) is 18.8. The van der Waals surface area contributed by atoms with Crippen molar-refractivity contribution in [1.29, 1.82) is 0 Å². The Kier molecular flexibility index (Phi) is 4.25. The van der Waals surface area contributed by atoms with Gasteiger partial charge < -0.3 is 9.73 Å². The molecule has 134 valence electrons. The van der Waals surface area contributed by atoms with Gasteiger partial charge in [-0.05, 0) is 24.3 Å². The third-order valence-corrected chi connectivity index (χ3v) is 4.30. The molecule has 1 aliphatic rings. The number of carbonyl (C=O) groups is 3. The van der Waals surface area contributed by atoms with Crippen LogP contribution >= 0.6 is 0 Å². The fraction of sp³-hybridized carbons (Fsp3) is 0.100. The Morgan fingerprint density at radius 1 is 1.04 bits per heavy atom. The summed E-state index contributed by atoms with van der Waals surface area (Å²) >= 11 is 0. The molecule has 27 heavy (non-hydrogen) atoms. The second kappa shape index (κ2) is 6.87. The number of hydrogen-bond acceptors (Lipinski definition) is 5. The van der Waals surface area contributed by atoms with Gasteiger partial charge in [-0.1, -0.05) is 24.3 Å². The molecule has 1 N–H and O–H groups in total. The molecule has 0 bridgehead atoms. The number of carbonyl (C=O) groups excluding carboxylic acids is 3. The van der Waals surface area contributed by atoms with Crippen LogP contribution in [0.4, 0.5) is 5.69 Å². The third kappa shape index (κ3) is 3.22. The molecule has 0 unspecified atom stereocenters. The minimum atomic E-state index is -0.365. The van der Waals surface area contributed by atoms with Crippen LogP contribution in [0.25, 0.3) is 11.3 Å². The molecule has 0 atom stereocenters. The van der Waals surface area contributed by atoms with E-state index < -0.39 is 0 Å². The number of nitrogens with zero attached hydrogens (tertiary/aromatic N) is 2. The average molecular weight is 361 g/mol. The van der Waals surface area contributed by atoms with Crippen molar-refractivity contribution in [2.75, 3.05) is 11.9 Å². The molecular formula is C20H15N3O4. The van der Waals surface area contributed by atoms with Gasteiger partial charge >= 0.3 is 0 Å². The molecule has 2 heterocycles. The van der Waals surface area contributed by atoms with E-state index in [4.69, 9.17) is 4.42 Å². The summed E-state index contributed by atoms with van der Waals surface area (Å²) in [6, 6.07) is 13.8. The summed E-state index contributed by atoms with van der Waals surface area (Å²) in [5, 5.41) is 2.77. The highest BCUT2D eigenvalue weighted by Gasteiger charge is 2.34. The average Bonchev–Trinajstić information content (AvgIpc) is 3.29. The molecule has 0 fully saturated rings. The van der Waals surface area contributed by atoms with Gasteiger partial charge in [-0.2, -0.15) is 0 Å². The lowest BCUT2D eigenvalue weighted by atomic mass is 10.1. The summed E-state index contributed by atoms with van der Waals surface area (Å²) in [5.74, 6) is -0.426. The van der Waals surface area contributed by atoms with Crippen molar-refractivity contribution in [2.45, 2.75) is 6.42 Å². The summed E-state index contributed by atoms with van der Waals surface area (Å²) in [5.41, 5.74) is 2.13. The van der Waals surface area contributed by atoms with E-state index >= 15 is 0 Å². The number of hydrogen-bond donors (Lipinski definition) is 1. The fourth-order valence-electron chi connectivity index (χ4n) is 2.99. The number of imide groups is 1. The van der Waals surface area contributed by atoms with Gasteiger partial charge in [0.2, 0.25) is 5.91 Å². The van der Waals surface area contributed by atoms with Crippen LogP contribution in [0.1, 0.15) is 27.1 Å². The molecule has 0 radical (unpaired) electrons. The van der Waals surface area contributed by atoms with Crippen molar-refractivity contribution in [3.05, 3.63) is 72.2 Å². The highest BCUT2D eigenvalue weighted by atomic mass is 16.3. The number of aromatic nitrogens is 1. The summed E-state index contributed by atoms with van der Waals surface area (Å²) in [6.45, 7) is 0.0278. The molecule has 1 aromatic heterocycles. The van der Waals surface area contributed by atoms with E-state index in [0.29, 0.717) is 22.6 Å². The van der Waals surface area contributed by atoms with Crippen LogP contribution < -0.4 is 5.32 Å². The maximum absolute atomic E-state index is 12.3. The Morgan fingerprint density at radius 2 is 1.78 bits per heavy atom. The van der Waals surface area contributed by atoms with Crippen LogP contribution in [0.5, 0.6) is 0 Å². The number of amides is 3. The smallest absolute Gasteiger partial charge is 0.261 e. The highest BCUT2D eigenvalue weighted by Crippen LogP contribution is 2.24. The molecule has 4 rings (SSSR count). The molecular weight excluding hydrogens is 346 g/mol. The molecule has 1 aliphatic heterocycles. The molecule has 3 amide bonds. The maximum atomic E-state index is 12.3. The quantitative estimate of drug-likeness (QED) is 0.705. The third-order valence-electron chi connectivity index (χ3n) is 4.30. The van der Waals surface area contributed by atoms with Gasteiger partial charge in [0.05, 0.1) is 17.3 Å². The minimum absolute atomic E-state index is 0.0119. The Bertz CT molecular complexity index is 992. The predicted molar refractivity (Wildman–Crippen MR) is 97.0 cm³/mol. The Hall–Kier alpha value is -3.74. The maximum Gasteiger partial charge on any atom is 0.261 e. The summed E-state index contributed by atoms with van der Waals surface area (Å²) < 4.78 is 5.24. The number of anilines is 1. The molecule has 0 saturated heterocycles. The predicted octanol–water partition coefficient (Wildman–Crippen LogP) is 2.97. The Morgan fingerprint density at radius 3 is 2.44 bits per heavy atom. The van der Waals surface area contributed by atoms with Gasteiger partial charge in [0, 0.05) is 24.2 Å². The number of fused-ring (bicyclic) bond motifs is 1. The van der Waals surface area contributed by atoms with Crippen molar-refractivity contribution in [3.8, 4) is 11.3 Å². The normalized spacial score (nSPS) is 13.0. The van der Waals surface area contributed by atoms with Crippen molar-refractivity contribution in [3.63, 3.8) is 0 Å². The van der Waals surface area contributed by atoms with E-state index in [9.17, 15) is 14.4 Å². The van der Waals surface area contributed by atoms with E-state index in [2.05, 4.69) is 10.3 Å². The van der Waals surface area contributed by atoms with Gasteiger partial charge in [0.25, 0.3) is 11.8 Å². The van der Waals surface area contributed by atoms with Gasteiger partial charge in [0.15, 0.2) is 12.2 Å². The number of rotatable bonds is 5. The van der Waals surface area contributed by atoms with Crippen LogP contribution in [-0.2, 0) is 4.79 Å². The Labute approximate surface area is 154 Å². The number of nitrogens with one attached hydrogen (secondary N) is 1. The van der Waals surface area contributed by atoms with E-state index in [-0.39, 0.29) is 30.7 Å². The topological polar surface area (TPSA) is 92.5 Å². The second-order valence-corrected chi connectivity index (χ2v) is 6.05. The first-order chi connectivity index (χ1) is 13.1. The summed E-state index contributed by atoms with van der Waals surface area (Å²) in [7, 11) is 0. The molecule has 3 aromatic rings. The zero-order valence-electron chi connectivity index (χ0n) is 14.2. The lowest BCUT2D eigenvalue weighted by Crippen LogP contribution is -2.32. The van der Waals surface area contributed by atoms with E-state index in [0.717, 1.165) is 10.5 Å². The van der Waals surface area contributed by atoms with Crippen LogP contribution in [0.3, 0.4) is 0 Å². The first-order valence-corrected chi connectivity index (χ1v) is 8.37. The second-order valence-electron chi connectivity index (χ2n) is 6.05. The van der Waals surface area contributed by atoms with Gasteiger partial charge in [-0.3, -0.25) is 19.3 Å². The van der Waals surface area contributed by atoms with E-state index in [1.54, 1.807) is 48.7 Å². The summed E-state index contributed by atoms with van der Waals surface area (Å²) in [6.07, 6.45) is 2.93. The molecule has 7 nitrogen and oxygen atoms in total. The lowest BCUT2D eigenvalue weighted by molar-refractivity contribution is -0.116. The first-order valence-electron chi connectivity index (χ1n) is 8.37. The van der Waals surface area contributed by atoms with Crippen LogP contribution in [0, 0.1) is 0 Å². The van der Waals surface area contributed by atoms with Crippen molar-refractivity contribution in [1.82, 2.24) is 9.88 Å². The SMILES string of the molecule is O=C(CCN1C(=O)c2ccccc2C1=O)Nc1cccc(-c2cnco2)c1. The van der Waals surface area contributed by atoms with E-state index in [1.165, 1.54) is 6.39 Å². The van der Waals surface area contributed by atoms with Crippen LogP contribution in [-0.4, -0.2) is 34.2 Å². The van der Waals surface area contributed by atoms with E-state index in [1.807, 2.05) is 6.07 Å². The van der Waals surface area contributed by atoms with Crippen LogP contribution in [0.2, 0.25) is 0 Å². The summed E-state index contributed by atoms with van der Waals surface area (Å²) in [4.78, 5) is 41.9. The standard InChI is InChI=1S/C20H15N3O4/c24-18(22-14-5-3-4-13(10-14)17-11-21-12-27-17)8-9-23-19(25)15-6-1-2-7-16(15)20(23)26/h1-7,10-12H,8-9H2,(H,22,24). The fourth-order valence-corrected chi connectivity index (χ4v) is 2.99. The highest BCUT2D eigenvalue weighted by molar-refractivity contribution is 6.21. The Balaban J connectivity index is 1.39. The molecule has 2 aromatic carbocycles. The number of benzene rings is 2. The molecule has 0 saturated carbocycles. The zero-order valence-corrected chi connectivity index (χ0v) is 14.2. The van der Waals surface area contributed by atoms with Crippen molar-refractivity contribution < 1.29 is 18.8 Å². The molecule has 0 aliphatic carbocycles. The van der Waals surface area contributed by atoms with Crippen molar-refractivity contribution in [2.24, 2.45) is 0 Å². The number of oxazole rings is 1. The van der Waals surface area contributed by atoms with Crippen LogP contribution in [0.15, 0.2) is 65.5 Å². The molecule has 0 spiro atoms. The first kappa shape index (κ1) is 16.7. The monoisotopic (exact) mass is 361 g/mol. The largest absolute Gasteiger partial charge is 0.444 e. The lowest BCUT2D eigenvalue weighted by Gasteiger charge is -2.13. The van der Waals surface area contributed by atoms with Gasteiger partial charge in [-0.25, -0.2) is 4.98 Å². The van der Waals surface area contributed by atoms with Gasteiger partial charge in [-0.15, -0.1) is 0 Å². The van der Waals surface area contributed by atoms with Crippen molar-refractivity contribution >= 4 is 23.4 Å². The molecule has 7 heteroatoms. The minimum Gasteiger partial charge on any atom is -0.444 e. The van der Waals surface area contributed by atoms with Gasteiger partial charge in [0.1, 0.15) is 0 Å².